The molecule has 2 aromatic carbocycles. The Morgan fingerprint density at radius 1 is 1.10 bits per heavy atom. The molecule has 0 heterocycles. The van der Waals surface area contributed by atoms with Crippen LogP contribution in [0.25, 0.3) is 0 Å². The van der Waals surface area contributed by atoms with E-state index in [-0.39, 0.29) is 11.9 Å². The monoisotopic (exact) mass is 274 g/mol. The van der Waals surface area contributed by atoms with E-state index < -0.39 is 0 Å². The lowest BCUT2D eigenvalue weighted by Crippen LogP contribution is -2.28. The summed E-state index contributed by atoms with van der Waals surface area (Å²) < 4.78 is 18.0. The Morgan fingerprint density at radius 3 is 2.25 bits per heavy atom. The van der Waals surface area contributed by atoms with Crippen LogP contribution >= 0.6 is 0 Å². The van der Waals surface area contributed by atoms with Crippen LogP contribution in [0.15, 0.2) is 48.5 Å². The average molecular weight is 274 g/mol. The van der Waals surface area contributed by atoms with Gasteiger partial charge in [0.25, 0.3) is 0 Å². The molecule has 0 aliphatic rings. The second-order valence-electron chi connectivity index (χ2n) is 4.74. The lowest BCUT2D eigenvalue weighted by Gasteiger charge is -2.23. The number of methoxy groups -OCH3 is 1. The lowest BCUT2D eigenvalue weighted by molar-refractivity contribution is 0.415. The summed E-state index contributed by atoms with van der Waals surface area (Å²) in [6.45, 7) is 0.651. The van der Waals surface area contributed by atoms with Crippen LogP contribution < -0.4 is 15.4 Å². The molecule has 0 amide bonds. The van der Waals surface area contributed by atoms with Crippen LogP contribution in [0.1, 0.15) is 11.6 Å². The molecular formula is C16H19FN2O. The van der Waals surface area contributed by atoms with E-state index in [0.29, 0.717) is 6.54 Å². The maximum Gasteiger partial charge on any atom is 0.123 e. The van der Waals surface area contributed by atoms with E-state index in [2.05, 4.69) is 4.90 Å². The molecule has 106 valence electrons. The molecule has 0 fully saturated rings. The summed E-state index contributed by atoms with van der Waals surface area (Å²) >= 11 is 0. The lowest BCUT2D eigenvalue weighted by atomic mass is 10.1. The molecule has 0 radical (unpaired) electrons. The first-order valence-electron chi connectivity index (χ1n) is 6.46. The molecule has 0 saturated heterocycles. The van der Waals surface area contributed by atoms with E-state index in [1.807, 2.05) is 31.3 Å². The van der Waals surface area contributed by atoms with E-state index in [0.717, 1.165) is 17.0 Å². The van der Waals surface area contributed by atoms with Gasteiger partial charge in [0.2, 0.25) is 0 Å². The topological polar surface area (TPSA) is 38.5 Å². The Balaban J connectivity index is 2.02. The SMILES string of the molecule is COc1ccc(N(C)CC(N)c2ccc(F)cc2)cc1. The number of halogens is 1. The van der Waals surface area contributed by atoms with E-state index in [4.69, 9.17) is 10.5 Å². The molecule has 0 aromatic heterocycles. The first-order chi connectivity index (χ1) is 9.60. The summed E-state index contributed by atoms with van der Waals surface area (Å²) in [6, 6.07) is 13.9. The first kappa shape index (κ1) is 14.3. The summed E-state index contributed by atoms with van der Waals surface area (Å²) in [7, 11) is 3.62. The Hall–Kier alpha value is -2.07. The molecule has 0 bridgehead atoms. The van der Waals surface area contributed by atoms with E-state index in [1.54, 1.807) is 19.2 Å². The molecule has 4 heteroatoms. The molecular weight excluding hydrogens is 255 g/mol. The van der Waals surface area contributed by atoms with Crippen LogP contribution in [0, 0.1) is 5.82 Å². The number of ether oxygens (including phenoxy) is 1. The summed E-state index contributed by atoms with van der Waals surface area (Å²) in [5.74, 6) is 0.578. The second-order valence-corrected chi connectivity index (χ2v) is 4.74. The minimum absolute atomic E-state index is 0.164. The van der Waals surface area contributed by atoms with Crippen molar-refractivity contribution >= 4 is 5.69 Å². The number of hydrogen-bond donors (Lipinski definition) is 1. The number of rotatable bonds is 5. The average Bonchev–Trinajstić information content (AvgIpc) is 2.48. The number of likely N-dealkylation sites (N-methyl/N-ethyl adjacent to an activating group) is 1. The van der Waals surface area contributed by atoms with E-state index >= 15 is 0 Å². The van der Waals surface area contributed by atoms with Gasteiger partial charge in [-0.25, -0.2) is 4.39 Å². The molecule has 0 aliphatic heterocycles. The predicted octanol–water partition coefficient (Wildman–Crippen LogP) is 2.97. The summed E-state index contributed by atoms with van der Waals surface area (Å²) in [5, 5.41) is 0. The van der Waals surface area contributed by atoms with Gasteiger partial charge in [0.05, 0.1) is 7.11 Å². The van der Waals surface area contributed by atoms with Gasteiger partial charge in [0, 0.05) is 25.3 Å². The fourth-order valence-corrected chi connectivity index (χ4v) is 2.05. The Bertz CT molecular complexity index is 539. The van der Waals surface area contributed by atoms with Gasteiger partial charge >= 0.3 is 0 Å². The maximum absolute atomic E-state index is 12.9. The van der Waals surface area contributed by atoms with Crippen LogP contribution in [0.3, 0.4) is 0 Å². The second kappa shape index (κ2) is 6.39. The number of hydrogen-bond acceptors (Lipinski definition) is 3. The summed E-state index contributed by atoms with van der Waals surface area (Å²) in [4.78, 5) is 2.06. The van der Waals surface area contributed by atoms with Crippen molar-refractivity contribution in [2.24, 2.45) is 5.73 Å². The van der Waals surface area contributed by atoms with Crippen molar-refractivity contribution in [3.05, 3.63) is 59.9 Å². The first-order valence-corrected chi connectivity index (χ1v) is 6.46. The minimum Gasteiger partial charge on any atom is -0.497 e. The zero-order valence-corrected chi connectivity index (χ0v) is 11.7. The van der Waals surface area contributed by atoms with Crippen LogP contribution in [-0.4, -0.2) is 20.7 Å². The van der Waals surface area contributed by atoms with Gasteiger partial charge in [-0.2, -0.15) is 0 Å². The number of nitrogens with two attached hydrogens (primary N) is 1. The Kier molecular flexibility index (Phi) is 4.58. The van der Waals surface area contributed by atoms with Gasteiger partial charge in [-0.1, -0.05) is 12.1 Å². The third-order valence-corrected chi connectivity index (χ3v) is 3.28. The fourth-order valence-electron chi connectivity index (χ4n) is 2.05. The maximum atomic E-state index is 12.9. The molecule has 0 aliphatic carbocycles. The number of anilines is 1. The van der Waals surface area contributed by atoms with Crippen molar-refractivity contribution in [3.63, 3.8) is 0 Å². The highest BCUT2D eigenvalue weighted by molar-refractivity contribution is 5.48. The minimum atomic E-state index is -0.246. The predicted molar refractivity (Wildman–Crippen MR) is 79.6 cm³/mol. The molecule has 1 atom stereocenters. The summed E-state index contributed by atoms with van der Waals surface area (Å²) in [5.41, 5.74) is 8.13. The highest BCUT2D eigenvalue weighted by Crippen LogP contribution is 2.20. The van der Waals surface area contributed by atoms with Crippen LogP contribution in [0.2, 0.25) is 0 Å². The molecule has 3 nitrogen and oxygen atoms in total. The summed E-state index contributed by atoms with van der Waals surface area (Å²) in [6.07, 6.45) is 0. The van der Waals surface area contributed by atoms with Gasteiger partial charge in [0.15, 0.2) is 0 Å². The molecule has 0 saturated carbocycles. The smallest absolute Gasteiger partial charge is 0.123 e. The fraction of sp³-hybridized carbons (Fsp3) is 0.250. The van der Waals surface area contributed by atoms with Gasteiger partial charge < -0.3 is 15.4 Å². The van der Waals surface area contributed by atoms with Crippen molar-refractivity contribution in [1.29, 1.82) is 0 Å². The molecule has 20 heavy (non-hydrogen) atoms. The highest BCUT2D eigenvalue weighted by Gasteiger charge is 2.10. The number of nitrogens with zero attached hydrogens (tertiary/aromatic N) is 1. The third kappa shape index (κ3) is 3.48. The normalized spacial score (nSPS) is 12.0. The third-order valence-electron chi connectivity index (χ3n) is 3.28. The number of benzene rings is 2. The molecule has 2 rings (SSSR count). The van der Waals surface area contributed by atoms with Crippen molar-refractivity contribution in [3.8, 4) is 5.75 Å². The van der Waals surface area contributed by atoms with Gasteiger partial charge in [-0.15, -0.1) is 0 Å². The molecule has 1 unspecified atom stereocenters. The zero-order chi connectivity index (χ0) is 14.5. The van der Waals surface area contributed by atoms with E-state index in [1.165, 1.54) is 12.1 Å². The Morgan fingerprint density at radius 2 is 1.70 bits per heavy atom. The van der Waals surface area contributed by atoms with Gasteiger partial charge in [0.1, 0.15) is 11.6 Å². The molecule has 2 N–H and O–H groups in total. The van der Waals surface area contributed by atoms with Crippen molar-refractivity contribution < 1.29 is 9.13 Å². The van der Waals surface area contributed by atoms with Crippen molar-refractivity contribution in [1.82, 2.24) is 0 Å². The standard InChI is InChI=1S/C16H19FN2O/c1-19(14-7-9-15(20-2)10-8-14)11-16(18)12-3-5-13(17)6-4-12/h3-10,16H,11,18H2,1-2H3. The van der Waals surface area contributed by atoms with Crippen LogP contribution in [0.5, 0.6) is 5.75 Å². The quantitative estimate of drug-likeness (QED) is 0.911. The van der Waals surface area contributed by atoms with Crippen molar-refractivity contribution in [2.75, 3.05) is 25.6 Å². The Labute approximate surface area is 118 Å². The molecule has 2 aromatic rings. The van der Waals surface area contributed by atoms with Gasteiger partial charge in [-0.3, -0.25) is 0 Å². The van der Waals surface area contributed by atoms with E-state index in [9.17, 15) is 4.39 Å². The zero-order valence-electron chi connectivity index (χ0n) is 11.7. The molecule has 0 spiro atoms. The highest BCUT2D eigenvalue weighted by atomic mass is 19.1. The van der Waals surface area contributed by atoms with Crippen LogP contribution in [0.4, 0.5) is 10.1 Å². The van der Waals surface area contributed by atoms with Crippen LogP contribution in [-0.2, 0) is 0 Å². The van der Waals surface area contributed by atoms with Crippen molar-refractivity contribution in [2.45, 2.75) is 6.04 Å². The largest absolute Gasteiger partial charge is 0.497 e. The van der Waals surface area contributed by atoms with Gasteiger partial charge in [-0.05, 0) is 42.0 Å².